The summed E-state index contributed by atoms with van der Waals surface area (Å²) in [6.45, 7) is 2.02. The van der Waals surface area contributed by atoms with E-state index in [1.54, 1.807) is 12.1 Å². The van der Waals surface area contributed by atoms with Gasteiger partial charge in [-0.25, -0.2) is 4.39 Å². The molecule has 0 amide bonds. The van der Waals surface area contributed by atoms with Crippen molar-refractivity contribution in [3.8, 4) is 0 Å². The van der Waals surface area contributed by atoms with Gasteiger partial charge in [0.1, 0.15) is 5.82 Å². The van der Waals surface area contributed by atoms with Crippen molar-refractivity contribution < 1.29 is 13.9 Å². The Balaban J connectivity index is 1.82. The smallest absolute Gasteiger partial charge is 0.169 e. The molecule has 2 nitrogen and oxygen atoms in total. The maximum atomic E-state index is 14.5. The van der Waals surface area contributed by atoms with Crippen LogP contribution in [-0.4, -0.2) is 17.5 Å². The van der Waals surface area contributed by atoms with E-state index in [0.29, 0.717) is 17.5 Å². The summed E-state index contributed by atoms with van der Waals surface area (Å²) in [5.41, 5.74) is 0.627. The number of ketones is 1. The predicted octanol–water partition coefficient (Wildman–Crippen LogP) is 4.53. The van der Waals surface area contributed by atoms with Crippen molar-refractivity contribution in [2.75, 3.05) is 0 Å². The Labute approximate surface area is 141 Å². The first kappa shape index (κ1) is 15.3. The molecule has 1 saturated heterocycles. The van der Waals surface area contributed by atoms with E-state index in [9.17, 15) is 9.18 Å². The highest BCUT2D eigenvalue weighted by Gasteiger charge is 2.58. The van der Waals surface area contributed by atoms with Crippen LogP contribution in [0.3, 0.4) is 0 Å². The molecule has 2 aromatic rings. The molecule has 0 radical (unpaired) electrons. The van der Waals surface area contributed by atoms with Crippen molar-refractivity contribution in [3.63, 3.8) is 0 Å². The van der Waals surface area contributed by atoms with Gasteiger partial charge in [-0.15, -0.1) is 0 Å². The average Bonchev–Trinajstić information content (AvgIpc) is 3.19. The zero-order valence-corrected chi connectivity index (χ0v) is 13.5. The lowest BCUT2D eigenvalue weighted by Crippen LogP contribution is -2.36. The lowest BCUT2D eigenvalue weighted by Gasteiger charge is -2.33. The van der Waals surface area contributed by atoms with Crippen LogP contribution in [-0.2, 0) is 4.74 Å². The number of hydrogen-bond acceptors (Lipinski definition) is 2. The van der Waals surface area contributed by atoms with Crippen LogP contribution in [0.1, 0.15) is 35.2 Å². The Hall–Kier alpha value is -2.26. The van der Waals surface area contributed by atoms with Crippen LogP contribution in [0.2, 0.25) is 0 Å². The first-order valence-electron chi connectivity index (χ1n) is 8.37. The van der Waals surface area contributed by atoms with Crippen molar-refractivity contribution in [1.29, 1.82) is 0 Å². The third-order valence-corrected chi connectivity index (χ3v) is 5.32. The van der Waals surface area contributed by atoms with Crippen LogP contribution < -0.4 is 0 Å². The van der Waals surface area contributed by atoms with E-state index in [4.69, 9.17) is 4.74 Å². The predicted molar refractivity (Wildman–Crippen MR) is 90.4 cm³/mol. The van der Waals surface area contributed by atoms with Gasteiger partial charge in [-0.3, -0.25) is 4.79 Å². The zero-order valence-electron chi connectivity index (χ0n) is 13.5. The van der Waals surface area contributed by atoms with Gasteiger partial charge >= 0.3 is 0 Å². The van der Waals surface area contributed by atoms with Gasteiger partial charge < -0.3 is 4.74 Å². The summed E-state index contributed by atoms with van der Waals surface area (Å²) in [6.07, 6.45) is 4.40. The van der Waals surface area contributed by atoms with Crippen molar-refractivity contribution >= 4 is 5.78 Å². The number of fused-ring (bicyclic) bond motifs is 2. The average molecular weight is 322 g/mol. The minimum Gasteiger partial charge on any atom is -0.362 e. The maximum Gasteiger partial charge on any atom is 0.169 e. The molecule has 4 unspecified atom stereocenters. The van der Waals surface area contributed by atoms with Crippen molar-refractivity contribution in [2.24, 2.45) is 5.92 Å². The largest absolute Gasteiger partial charge is 0.362 e. The Morgan fingerprint density at radius 1 is 1.12 bits per heavy atom. The van der Waals surface area contributed by atoms with E-state index < -0.39 is 11.5 Å². The summed E-state index contributed by atoms with van der Waals surface area (Å²) in [5, 5.41) is 0. The standard InChI is InChI=1S/C21H19FO2/c1-2-21-13-12-17(24-21)18(20(23)14-8-4-3-5-9-14)19(21)15-10-6-7-11-16(15)22/h3-13,17-19H,2H2,1H3. The molecule has 24 heavy (non-hydrogen) atoms. The molecule has 1 fully saturated rings. The molecule has 122 valence electrons. The minimum atomic E-state index is -0.595. The number of halogens is 1. The second-order valence-corrected chi connectivity index (χ2v) is 6.51. The summed E-state index contributed by atoms with van der Waals surface area (Å²) in [5.74, 6) is -0.945. The van der Waals surface area contributed by atoms with Crippen LogP contribution in [0.25, 0.3) is 0 Å². The topological polar surface area (TPSA) is 26.3 Å². The fourth-order valence-corrected chi connectivity index (χ4v) is 4.15. The number of Topliss-reactive ketones (excluding diaryl/α,β-unsaturated/α-hetero) is 1. The molecule has 2 aliphatic rings. The molecule has 2 aromatic carbocycles. The van der Waals surface area contributed by atoms with Crippen LogP contribution in [0, 0.1) is 11.7 Å². The molecule has 0 N–H and O–H groups in total. The molecule has 2 aliphatic heterocycles. The highest BCUT2D eigenvalue weighted by molar-refractivity contribution is 5.99. The molecule has 0 spiro atoms. The van der Waals surface area contributed by atoms with E-state index in [-0.39, 0.29) is 23.6 Å². The van der Waals surface area contributed by atoms with Gasteiger partial charge in [0.2, 0.25) is 0 Å². The SMILES string of the molecule is CCC12C=CC(O1)C(C(=O)c1ccccc1)C2c1ccccc1F. The highest BCUT2D eigenvalue weighted by Crippen LogP contribution is 2.55. The van der Waals surface area contributed by atoms with Gasteiger partial charge in [-0.05, 0) is 18.1 Å². The number of carbonyl (C=O) groups is 1. The third-order valence-electron chi connectivity index (χ3n) is 5.32. The van der Waals surface area contributed by atoms with Gasteiger partial charge in [0, 0.05) is 11.5 Å². The summed E-state index contributed by atoms with van der Waals surface area (Å²) in [6, 6.07) is 16.0. The maximum absolute atomic E-state index is 14.5. The van der Waals surface area contributed by atoms with Gasteiger partial charge in [0.15, 0.2) is 5.78 Å². The monoisotopic (exact) mass is 322 g/mol. The minimum absolute atomic E-state index is 0.0218. The second-order valence-electron chi connectivity index (χ2n) is 6.51. The van der Waals surface area contributed by atoms with Gasteiger partial charge in [-0.1, -0.05) is 67.6 Å². The van der Waals surface area contributed by atoms with E-state index in [2.05, 4.69) is 0 Å². The summed E-state index contributed by atoms with van der Waals surface area (Å²) in [4.78, 5) is 13.2. The van der Waals surface area contributed by atoms with Crippen molar-refractivity contribution in [2.45, 2.75) is 31.0 Å². The number of ether oxygens (including phenoxy) is 1. The number of carbonyl (C=O) groups excluding carboxylic acids is 1. The van der Waals surface area contributed by atoms with Crippen LogP contribution in [0.4, 0.5) is 4.39 Å². The molecule has 0 saturated carbocycles. The summed E-state index contributed by atoms with van der Waals surface area (Å²) in [7, 11) is 0. The quantitative estimate of drug-likeness (QED) is 0.611. The van der Waals surface area contributed by atoms with Crippen LogP contribution in [0.15, 0.2) is 66.7 Å². The van der Waals surface area contributed by atoms with Gasteiger partial charge in [0.05, 0.1) is 17.6 Å². The van der Waals surface area contributed by atoms with E-state index in [1.165, 1.54) is 6.07 Å². The molecule has 0 aromatic heterocycles. The summed E-state index contributed by atoms with van der Waals surface area (Å²) < 4.78 is 20.7. The molecule has 0 aliphatic carbocycles. The highest BCUT2D eigenvalue weighted by atomic mass is 19.1. The van der Waals surface area contributed by atoms with Gasteiger partial charge in [-0.2, -0.15) is 0 Å². The Morgan fingerprint density at radius 3 is 2.54 bits per heavy atom. The number of hydrogen-bond donors (Lipinski definition) is 0. The molecule has 2 bridgehead atoms. The Kier molecular flexibility index (Phi) is 3.61. The lowest BCUT2D eigenvalue weighted by atomic mass is 9.68. The molecule has 2 heterocycles. The molecule has 4 atom stereocenters. The van der Waals surface area contributed by atoms with Gasteiger partial charge in [0.25, 0.3) is 0 Å². The second kappa shape index (κ2) is 5.67. The molecule has 3 heteroatoms. The molecular weight excluding hydrogens is 303 g/mol. The number of rotatable bonds is 4. The first-order valence-corrected chi connectivity index (χ1v) is 8.37. The fourth-order valence-electron chi connectivity index (χ4n) is 4.15. The van der Waals surface area contributed by atoms with E-state index in [1.807, 2.05) is 55.5 Å². The summed E-state index contributed by atoms with van der Waals surface area (Å²) >= 11 is 0. The zero-order chi connectivity index (χ0) is 16.7. The molecular formula is C21H19FO2. The molecule has 4 rings (SSSR count). The number of benzene rings is 2. The van der Waals surface area contributed by atoms with E-state index in [0.717, 1.165) is 0 Å². The fraction of sp³-hybridized carbons (Fsp3) is 0.286. The van der Waals surface area contributed by atoms with Crippen LogP contribution in [0.5, 0.6) is 0 Å². The van der Waals surface area contributed by atoms with Crippen molar-refractivity contribution in [3.05, 3.63) is 83.7 Å². The van der Waals surface area contributed by atoms with E-state index >= 15 is 0 Å². The lowest BCUT2D eigenvalue weighted by molar-refractivity contribution is 0.0197. The Bertz CT molecular complexity index is 798. The normalized spacial score (nSPS) is 30.7. The Morgan fingerprint density at radius 2 is 1.83 bits per heavy atom. The van der Waals surface area contributed by atoms with Crippen molar-refractivity contribution in [1.82, 2.24) is 0 Å². The van der Waals surface area contributed by atoms with Crippen LogP contribution >= 0.6 is 0 Å². The third kappa shape index (κ3) is 2.15. The first-order chi connectivity index (χ1) is 11.7.